The second-order valence-corrected chi connectivity index (χ2v) is 8.72. The third-order valence-corrected chi connectivity index (χ3v) is 6.78. The molecule has 2 aromatic carbocycles. The number of imidazole rings is 1. The molecule has 1 saturated heterocycles. The van der Waals surface area contributed by atoms with E-state index in [1.54, 1.807) is 11.9 Å². The Balaban J connectivity index is 1.45. The minimum absolute atomic E-state index is 0.00687. The van der Waals surface area contributed by atoms with Crippen molar-refractivity contribution in [3.63, 3.8) is 0 Å². The van der Waals surface area contributed by atoms with E-state index in [2.05, 4.69) is 4.90 Å². The largest absolute Gasteiger partial charge is 0.339 e. The SMILES string of the molecule is CN(C(=O)Cn1c(C2CC(=O)N(C3CCCC3)C2)nc2ccccc21)c1ccccc1. The Bertz CT molecular complexity index is 1100. The van der Waals surface area contributed by atoms with Crippen LogP contribution in [0.25, 0.3) is 11.0 Å². The van der Waals surface area contributed by atoms with Crippen LogP contribution in [0, 0.1) is 0 Å². The summed E-state index contributed by atoms with van der Waals surface area (Å²) in [5.41, 5.74) is 2.68. The van der Waals surface area contributed by atoms with E-state index in [-0.39, 0.29) is 24.3 Å². The van der Waals surface area contributed by atoms with E-state index in [1.165, 1.54) is 12.8 Å². The van der Waals surface area contributed by atoms with E-state index in [4.69, 9.17) is 4.98 Å². The molecule has 0 radical (unpaired) electrons. The first-order chi connectivity index (χ1) is 15.1. The minimum atomic E-state index is -0.00687. The summed E-state index contributed by atoms with van der Waals surface area (Å²) in [6, 6.07) is 18.0. The quantitative estimate of drug-likeness (QED) is 0.633. The molecule has 1 aliphatic heterocycles. The molecule has 5 rings (SSSR count). The molecule has 3 aromatic rings. The molecule has 31 heavy (non-hydrogen) atoms. The maximum absolute atomic E-state index is 13.2. The van der Waals surface area contributed by atoms with E-state index in [9.17, 15) is 9.59 Å². The van der Waals surface area contributed by atoms with Crippen molar-refractivity contribution >= 4 is 28.5 Å². The molecule has 1 atom stereocenters. The number of anilines is 1. The summed E-state index contributed by atoms with van der Waals surface area (Å²) in [6.07, 6.45) is 5.10. The second-order valence-electron chi connectivity index (χ2n) is 8.72. The molecule has 2 heterocycles. The van der Waals surface area contributed by atoms with Crippen molar-refractivity contribution in [1.29, 1.82) is 0 Å². The van der Waals surface area contributed by atoms with Gasteiger partial charge in [0.05, 0.1) is 11.0 Å². The maximum Gasteiger partial charge on any atom is 0.246 e. The Morgan fingerprint density at radius 3 is 2.55 bits per heavy atom. The van der Waals surface area contributed by atoms with Crippen LogP contribution in [0.15, 0.2) is 54.6 Å². The van der Waals surface area contributed by atoms with Gasteiger partial charge in [-0.2, -0.15) is 0 Å². The van der Waals surface area contributed by atoms with Gasteiger partial charge in [0.25, 0.3) is 0 Å². The molecule has 2 amide bonds. The fourth-order valence-corrected chi connectivity index (χ4v) is 5.08. The van der Waals surface area contributed by atoms with E-state index < -0.39 is 0 Å². The molecule has 160 valence electrons. The van der Waals surface area contributed by atoms with Gasteiger partial charge < -0.3 is 14.4 Å². The zero-order valence-corrected chi connectivity index (χ0v) is 17.9. The molecule has 6 nitrogen and oxygen atoms in total. The van der Waals surface area contributed by atoms with Gasteiger partial charge in [-0.3, -0.25) is 9.59 Å². The van der Waals surface area contributed by atoms with Crippen LogP contribution in [0.4, 0.5) is 5.69 Å². The number of carbonyl (C=O) groups is 2. The van der Waals surface area contributed by atoms with E-state index in [1.807, 2.05) is 59.2 Å². The van der Waals surface area contributed by atoms with Crippen LogP contribution in [-0.4, -0.2) is 45.9 Å². The Morgan fingerprint density at radius 1 is 1.06 bits per heavy atom. The number of benzene rings is 2. The van der Waals surface area contributed by atoms with Gasteiger partial charge in [-0.05, 0) is 37.1 Å². The average molecular weight is 417 g/mol. The standard InChI is InChI=1S/C25H28N4O2/c1-27(19-9-3-2-4-10-19)24(31)17-29-22-14-8-7-13-21(22)26-25(29)18-15-23(30)28(16-18)20-11-5-6-12-20/h2-4,7-10,13-14,18,20H,5-6,11-12,15-17H2,1H3. The van der Waals surface area contributed by atoms with E-state index in [0.717, 1.165) is 35.4 Å². The molecule has 6 heteroatoms. The Labute approximate surface area is 182 Å². The molecule has 1 aromatic heterocycles. The van der Waals surface area contributed by atoms with Gasteiger partial charge in [0.15, 0.2) is 0 Å². The second kappa shape index (κ2) is 8.17. The lowest BCUT2D eigenvalue weighted by Crippen LogP contribution is -2.34. The number of carbonyl (C=O) groups excluding carboxylic acids is 2. The Hall–Kier alpha value is -3.15. The Kier molecular flexibility index (Phi) is 5.22. The van der Waals surface area contributed by atoms with Gasteiger partial charge in [0.2, 0.25) is 11.8 Å². The van der Waals surface area contributed by atoms with Gasteiger partial charge in [-0.15, -0.1) is 0 Å². The van der Waals surface area contributed by atoms with Gasteiger partial charge in [0.1, 0.15) is 12.4 Å². The summed E-state index contributed by atoms with van der Waals surface area (Å²) in [5, 5.41) is 0. The molecule has 0 bridgehead atoms. The first-order valence-electron chi connectivity index (χ1n) is 11.2. The fraction of sp³-hybridized carbons (Fsp3) is 0.400. The number of hydrogen-bond donors (Lipinski definition) is 0. The number of likely N-dealkylation sites (N-methyl/N-ethyl adjacent to an activating group) is 1. The molecular weight excluding hydrogens is 388 g/mol. The number of likely N-dealkylation sites (tertiary alicyclic amines) is 1. The first-order valence-corrected chi connectivity index (χ1v) is 11.2. The Morgan fingerprint density at radius 2 is 1.77 bits per heavy atom. The van der Waals surface area contributed by atoms with Gasteiger partial charge >= 0.3 is 0 Å². The predicted octanol–water partition coefficient (Wildman–Crippen LogP) is 3.96. The summed E-state index contributed by atoms with van der Waals surface area (Å²) in [7, 11) is 1.80. The third kappa shape index (κ3) is 3.71. The summed E-state index contributed by atoms with van der Waals surface area (Å²) >= 11 is 0. The smallest absolute Gasteiger partial charge is 0.246 e. The van der Waals surface area contributed by atoms with E-state index >= 15 is 0 Å². The predicted molar refractivity (Wildman–Crippen MR) is 121 cm³/mol. The van der Waals surface area contributed by atoms with Crippen molar-refractivity contribution in [2.45, 2.75) is 50.6 Å². The van der Waals surface area contributed by atoms with Crippen molar-refractivity contribution in [3.05, 3.63) is 60.4 Å². The monoisotopic (exact) mass is 416 g/mol. The number of aromatic nitrogens is 2. The number of nitrogens with zero attached hydrogens (tertiary/aromatic N) is 4. The molecule has 0 N–H and O–H groups in total. The van der Waals surface area contributed by atoms with Crippen LogP contribution in [0.5, 0.6) is 0 Å². The van der Waals surface area contributed by atoms with Crippen LogP contribution in [0.2, 0.25) is 0 Å². The molecule has 2 aliphatic rings. The lowest BCUT2D eigenvalue weighted by Gasteiger charge is -2.24. The number of para-hydroxylation sites is 3. The van der Waals surface area contributed by atoms with Crippen molar-refractivity contribution < 1.29 is 9.59 Å². The molecule has 1 saturated carbocycles. The summed E-state index contributed by atoms with van der Waals surface area (Å²) < 4.78 is 2.02. The zero-order valence-electron chi connectivity index (χ0n) is 17.9. The highest BCUT2D eigenvalue weighted by atomic mass is 16.2. The van der Waals surface area contributed by atoms with Crippen molar-refractivity contribution in [1.82, 2.24) is 14.5 Å². The zero-order chi connectivity index (χ0) is 21.4. The van der Waals surface area contributed by atoms with Gasteiger partial charge in [-0.1, -0.05) is 43.2 Å². The molecular formula is C25H28N4O2. The van der Waals surface area contributed by atoms with Gasteiger partial charge in [-0.25, -0.2) is 4.98 Å². The lowest BCUT2D eigenvalue weighted by molar-refractivity contribution is -0.129. The maximum atomic E-state index is 13.2. The van der Waals surface area contributed by atoms with Crippen LogP contribution >= 0.6 is 0 Å². The van der Waals surface area contributed by atoms with Crippen LogP contribution in [0.3, 0.4) is 0 Å². The van der Waals surface area contributed by atoms with Crippen LogP contribution in [0.1, 0.15) is 43.8 Å². The molecule has 1 aliphatic carbocycles. The van der Waals surface area contributed by atoms with Crippen molar-refractivity contribution in [2.24, 2.45) is 0 Å². The van der Waals surface area contributed by atoms with Crippen molar-refractivity contribution in [2.75, 3.05) is 18.5 Å². The highest BCUT2D eigenvalue weighted by Gasteiger charge is 2.38. The molecule has 0 spiro atoms. The highest BCUT2D eigenvalue weighted by Crippen LogP contribution is 2.35. The first kappa shape index (κ1) is 19.8. The number of fused-ring (bicyclic) bond motifs is 1. The van der Waals surface area contributed by atoms with Crippen LogP contribution in [-0.2, 0) is 16.1 Å². The third-order valence-electron chi connectivity index (χ3n) is 6.78. The summed E-state index contributed by atoms with van der Waals surface area (Å²) in [4.78, 5) is 34.6. The minimum Gasteiger partial charge on any atom is -0.339 e. The van der Waals surface area contributed by atoms with E-state index in [0.29, 0.717) is 19.0 Å². The normalized spacial score (nSPS) is 19.5. The number of amides is 2. The topological polar surface area (TPSA) is 58.4 Å². The summed E-state index contributed by atoms with van der Waals surface area (Å²) in [6.45, 7) is 0.908. The van der Waals surface area contributed by atoms with Gasteiger partial charge in [0, 0.05) is 37.7 Å². The van der Waals surface area contributed by atoms with Crippen LogP contribution < -0.4 is 4.90 Å². The average Bonchev–Trinajstić information content (AvgIpc) is 3.53. The number of hydrogen-bond acceptors (Lipinski definition) is 3. The highest BCUT2D eigenvalue weighted by molar-refractivity contribution is 5.93. The number of rotatable bonds is 5. The molecule has 1 unspecified atom stereocenters. The fourth-order valence-electron chi connectivity index (χ4n) is 5.08. The molecule has 2 fully saturated rings. The lowest BCUT2D eigenvalue weighted by atomic mass is 10.1. The summed E-state index contributed by atoms with van der Waals surface area (Å²) in [5.74, 6) is 1.09. The van der Waals surface area contributed by atoms with Crippen molar-refractivity contribution in [3.8, 4) is 0 Å².